The highest BCUT2D eigenvalue weighted by Gasteiger charge is 2.59. The van der Waals surface area contributed by atoms with Crippen LogP contribution in [0.3, 0.4) is 0 Å². The van der Waals surface area contributed by atoms with Crippen molar-refractivity contribution in [2.24, 2.45) is 0 Å². The van der Waals surface area contributed by atoms with Crippen LogP contribution in [0.4, 0.5) is 0 Å². The quantitative estimate of drug-likeness (QED) is 0.199. The summed E-state index contributed by atoms with van der Waals surface area (Å²) in [5, 5.41) is 5.71. The van der Waals surface area contributed by atoms with Crippen molar-refractivity contribution in [3.05, 3.63) is 65.2 Å². The van der Waals surface area contributed by atoms with Gasteiger partial charge in [-0.15, -0.1) is 0 Å². The first kappa shape index (κ1) is 40.8. The van der Waals surface area contributed by atoms with Crippen LogP contribution in [0.2, 0.25) is 5.02 Å². The molecule has 276 valence electrons. The molecule has 1 fully saturated rings. The van der Waals surface area contributed by atoms with Crippen molar-refractivity contribution in [1.82, 2.24) is 10.6 Å². The first-order valence-corrected chi connectivity index (χ1v) is 16.8. The van der Waals surface area contributed by atoms with Crippen molar-refractivity contribution in [2.45, 2.75) is 80.8 Å². The number of carbonyl (C=O) groups excluding carboxylic acids is 7. The number of hydrogen-bond donors (Lipinski definition) is 2. The number of benzene rings is 2. The second kappa shape index (κ2) is 19.1. The minimum Gasteiger partial charge on any atom is -0.466 e. The molecule has 3 rings (SSSR count). The topological polar surface area (TPSA) is 199 Å². The number of methoxy groups -OCH3 is 1. The third-order valence-corrected chi connectivity index (χ3v) is 8.73. The van der Waals surface area contributed by atoms with E-state index >= 15 is 0 Å². The van der Waals surface area contributed by atoms with Crippen molar-refractivity contribution >= 4 is 65.0 Å². The number of amides is 2. The van der Waals surface area contributed by atoms with Gasteiger partial charge in [0.1, 0.15) is 12.2 Å². The SMILES string of the molecule is COC(=O)[C@]1(Sc2ccccc2)C[C@H](OC(C)=O)C(NC(=O)COC(C)=O)[C@H]([C@H](OC(C)=O)[C@@H](CNC(=O)Cc2ccc(Cl)cc2)OC(C)=O)O1. The smallest absolute Gasteiger partial charge is 0.349 e. The van der Waals surface area contributed by atoms with Gasteiger partial charge in [0, 0.05) is 44.0 Å². The molecule has 0 aliphatic carbocycles. The first-order chi connectivity index (χ1) is 24.1. The summed E-state index contributed by atoms with van der Waals surface area (Å²) in [4.78, 5) is 87.3. The summed E-state index contributed by atoms with van der Waals surface area (Å²) < 4.78 is 33.4. The molecule has 1 heterocycles. The second-order valence-electron chi connectivity index (χ2n) is 11.3. The molecule has 1 aliphatic heterocycles. The fourth-order valence-corrected chi connectivity index (χ4v) is 6.61. The van der Waals surface area contributed by atoms with Gasteiger partial charge in [0.25, 0.3) is 5.91 Å². The number of rotatable bonds is 15. The molecule has 2 amide bonds. The van der Waals surface area contributed by atoms with E-state index in [0.29, 0.717) is 15.5 Å². The number of carbonyl (C=O) groups is 7. The molecule has 6 atom stereocenters. The predicted octanol–water partition coefficient (Wildman–Crippen LogP) is 2.29. The maximum absolute atomic E-state index is 13.7. The van der Waals surface area contributed by atoms with Crippen molar-refractivity contribution < 1.29 is 62.0 Å². The molecule has 15 nitrogen and oxygen atoms in total. The molecule has 0 bridgehead atoms. The molecule has 51 heavy (non-hydrogen) atoms. The van der Waals surface area contributed by atoms with Gasteiger partial charge in [0.05, 0.1) is 26.1 Å². The molecule has 0 saturated carbocycles. The van der Waals surface area contributed by atoms with Gasteiger partial charge in [-0.05, 0) is 29.8 Å². The van der Waals surface area contributed by atoms with Crippen molar-refractivity contribution in [2.75, 3.05) is 20.3 Å². The third kappa shape index (κ3) is 12.6. The standard InChI is InChI=1S/C34H39ClN2O13S/c1-19(38)46-18-29(43)37-30-26(47-20(2)39)16-34(33(44)45-5,51-25-9-7-6-8-10-25)50-32(30)31(49-22(4)41)27(48-21(3)40)17-36-28(42)15-23-11-13-24(35)14-12-23/h6-14,26-27,30-32H,15-18H2,1-5H3,(H,36,42)(H,37,43)/t26-,27+,30?,31+,32+,34+/m0/s1. The number of ether oxygens (including phenoxy) is 6. The highest BCUT2D eigenvalue weighted by molar-refractivity contribution is 8.01. The molecule has 1 aliphatic rings. The lowest BCUT2D eigenvalue weighted by Gasteiger charge is -2.48. The van der Waals surface area contributed by atoms with E-state index < -0.39 is 96.6 Å². The van der Waals surface area contributed by atoms with Gasteiger partial charge in [-0.2, -0.15) is 0 Å². The zero-order valence-corrected chi connectivity index (χ0v) is 30.1. The molecule has 2 aromatic rings. The Labute approximate surface area is 303 Å². The largest absolute Gasteiger partial charge is 0.466 e. The Morgan fingerprint density at radius 2 is 1.53 bits per heavy atom. The summed E-state index contributed by atoms with van der Waals surface area (Å²) in [5.74, 6) is -5.61. The summed E-state index contributed by atoms with van der Waals surface area (Å²) in [6, 6.07) is 13.6. The first-order valence-electron chi connectivity index (χ1n) is 15.6. The van der Waals surface area contributed by atoms with Crippen LogP contribution in [0.1, 0.15) is 39.7 Å². The van der Waals surface area contributed by atoms with Crippen molar-refractivity contribution in [3.63, 3.8) is 0 Å². The average molecular weight is 751 g/mol. The van der Waals surface area contributed by atoms with Gasteiger partial charge in [-0.1, -0.05) is 53.7 Å². The van der Waals surface area contributed by atoms with Crippen LogP contribution in [-0.4, -0.2) is 97.3 Å². The van der Waals surface area contributed by atoms with E-state index in [1.54, 1.807) is 54.6 Å². The number of nitrogens with one attached hydrogen (secondary N) is 2. The molecular formula is C34H39ClN2O13S. The molecular weight excluding hydrogens is 712 g/mol. The Balaban J connectivity index is 2.14. The van der Waals surface area contributed by atoms with Gasteiger partial charge >= 0.3 is 29.8 Å². The van der Waals surface area contributed by atoms with Crippen LogP contribution < -0.4 is 10.6 Å². The van der Waals surface area contributed by atoms with Crippen LogP contribution in [0.25, 0.3) is 0 Å². The number of esters is 5. The fraction of sp³-hybridized carbons (Fsp3) is 0.441. The summed E-state index contributed by atoms with van der Waals surface area (Å²) in [5.41, 5.74) is 0.619. The van der Waals surface area contributed by atoms with E-state index in [2.05, 4.69) is 10.6 Å². The molecule has 0 radical (unpaired) electrons. The molecule has 0 aromatic heterocycles. The van der Waals surface area contributed by atoms with Gasteiger partial charge in [0.15, 0.2) is 18.8 Å². The van der Waals surface area contributed by atoms with Crippen LogP contribution in [0.5, 0.6) is 0 Å². The summed E-state index contributed by atoms with van der Waals surface area (Å²) in [7, 11) is 1.11. The minimum atomic E-state index is -2.00. The predicted molar refractivity (Wildman–Crippen MR) is 180 cm³/mol. The Morgan fingerprint density at radius 1 is 0.882 bits per heavy atom. The van der Waals surface area contributed by atoms with E-state index in [1.165, 1.54) is 0 Å². The van der Waals surface area contributed by atoms with E-state index in [9.17, 15) is 33.6 Å². The van der Waals surface area contributed by atoms with E-state index in [0.717, 1.165) is 46.6 Å². The summed E-state index contributed by atoms with van der Waals surface area (Å²) in [6.45, 7) is 3.15. The molecule has 2 aromatic carbocycles. The Bertz CT molecular complexity index is 1580. The molecule has 2 N–H and O–H groups in total. The molecule has 1 saturated heterocycles. The summed E-state index contributed by atoms with van der Waals surface area (Å²) in [6.07, 6.45) is -6.65. The monoisotopic (exact) mass is 750 g/mol. The number of halogens is 1. The van der Waals surface area contributed by atoms with Gasteiger partial charge in [0.2, 0.25) is 10.8 Å². The highest BCUT2D eigenvalue weighted by atomic mass is 35.5. The lowest BCUT2D eigenvalue weighted by atomic mass is 9.89. The Hall–Kier alpha value is -4.67. The molecule has 17 heteroatoms. The normalized spacial score (nSPS) is 20.8. The Kier molecular flexibility index (Phi) is 15.2. The van der Waals surface area contributed by atoms with Crippen LogP contribution in [0, 0.1) is 0 Å². The van der Waals surface area contributed by atoms with Crippen molar-refractivity contribution in [1.29, 1.82) is 0 Å². The lowest BCUT2D eigenvalue weighted by molar-refractivity contribution is -0.221. The van der Waals surface area contributed by atoms with E-state index in [4.69, 9.17) is 40.0 Å². The highest BCUT2D eigenvalue weighted by Crippen LogP contribution is 2.45. The fourth-order valence-electron chi connectivity index (χ4n) is 5.24. The van der Waals surface area contributed by atoms with Crippen LogP contribution in [0.15, 0.2) is 59.5 Å². The molecule has 0 spiro atoms. The number of thioether (sulfide) groups is 1. The zero-order chi connectivity index (χ0) is 37.7. The van der Waals surface area contributed by atoms with Crippen LogP contribution in [-0.2, 0) is 68.4 Å². The Morgan fingerprint density at radius 3 is 2.10 bits per heavy atom. The van der Waals surface area contributed by atoms with Gasteiger partial charge < -0.3 is 39.1 Å². The van der Waals surface area contributed by atoms with E-state index in [-0.39, 0.29) is 6.42 Å². The zero-order valence-electron chi connectivity index (χ0n) is 28.5. The molecule has 1 unspecified atom stereocenters. The third-order valence-electron chi connectivity index (χ3n) is 7.21. The van der Waals surface area contributed by atoms with Crippen molar-refractivity contribution in [3.8, 4) is 0 Å². The maximum Gasteiger partial charge on any atom is 0.349 e. The van der Waals surface area contributed by atoms with E-state index in [1.807, 2.05) is 0 Å². The minimum absolute atomic E-state index is 0.0926. The van der Waals surface area contributed by atoms with Gasteiger partial charge in [-0.3, -0.25) is 28.8 Å². The average Bonchev–Trinajstić information content (AvgIpc) is 3.06. The summed E-state index contributed by atoms with van der Waals surface area (Å²) >= 11 is 6.85. The number of hydrogen-bond acceptors (Lipinski definition) is 14. The lowest BCUT2D eigenvalue weighted by Crippen LogP contribution is -2.68. The van der Waals surface area contributed by atoms with Crippen LogP contribution >= 0.6 is 23.4 Å². The maximum atomic E-state index is 13.7. The van der Waals surface area contributed by atoms with Gasteiger partial charge in [-0.25, -0.2) is 4.79 Å². The second-order valence-corrected chi connectivity index (χ2v) is 13.1.